The van der Waals surface area contributed by atoms with Crippen LogP contribution in [0.2, 0.25) is 0 Å². The van der Waals surface area contributed by atoms with Gasteiger partial charge < -0.3 is 15.7 Å². The van der Waals surface area contributed by atoms with Gasteiger partial charge in [0, 0.05) is 17.3 Å². The second kappa shape index (κ2) is 7.65. The van der Waals surface area contributed by atoms with E-state index in [9.17, 15) is 4.79 Å². The van der Waals surface area contributed by atoms with Crippen molar-refractivity contribution in [2.75, 3.05) is 17.2 Å². The van der Waals surface area contributed by atoms with Crippen LogP contribution in [0.4, 0.5) is 17.5 Å². The molecule has 0 saturated carbocycles. The molecule has 3 aromatic rings. The average molecular weight is 348 g/mol. The van der Waals surface area contributed by atoms with Crippen LogP contribution in [0.3, 0.4) is 0 Å². The molecule has 0 aliphatic carbocycles. The summed E-state index contributed by atoms with van der Waals surface area (Å²) in [6.45, 7) is 3.84. The second-order valence-electron chi connectivity index (χ2n) is 5.95. The van der Waals surface area contributed by atoms with Crippen molar-refractivity contribution in [3.8, 4) is 11.3 Å². The van der Waals surface area contributed by atoms with Gasteiger partial charge in [0.15, 0.2) is 0 Å². The van der Waals surface area contributed by atoms with Gasteiger partial charge in [0.05, 0.1) is 5.69 Å². The van der Waals surface area contributed by atoms with Crippen LogP contribution >= 0.6 is 0 Å². The summed E-state index contributed by atoms with van der Waals surface area (Å²) in [7, 11) is 0. The Labute approximate surface area is 152 Å². The number of aryl methyl sites for hydroxylation is 1. The van der Waals surface area contributed by atoms with Crippen LogP contribution in [0.25, 0.3) is 11.3 Å². The number of rotatable bonds is 6. The highest BCUT2D eigenvalue weighted by Gasteiger charge is 2.09. The van der Waals surface area contributed by atoms with Crippen LogP contribution in [0.5, 0.6) is 0 Å². The summed E-state index contributed by atoms with van der Waals surface area (Å²) in [5, 5.41) is 15.0. The van der Waals surface area contributed by atoms with E-state index in [1.807, 2.05) is 55.5 Å². The van der Waals surface area contributed by atoms with Crippen molar-refractivity contribution in [1.82, 2.24) is 9.97 Å². The molecule has 6 heteroatoms. The van der Waals surface area contributed by atoms with Crippen molar-refractivity contribution in [3.63, 3.8) is 0 Å². The maximum atomic E-state index is 10.9. The Morgan fingerprint density at radius 3 is 2.54 bits per heavy atom. The lowest BCUT2D eigenvalue weighted by atomic mass is 10.1. The van der Waals surface area contributed by atoms with E-state index >= 15 is 0 Å². The molecule has 0 aliphatic heterocycles. The molecule has 0 unspecified atom stereocenters. The molecule has 0 fully saturated rings. The highest BCUT2D eigenvalue weighted by atomic mass is 16.4. The smallest absolute Gasteiger partial charge is 0.322 e. The van der Waals surface area contributed by atoms with Gasteiger partial charge >= 0.3 is 5.97 Å². The summed E-state index contributed by atoms with van der Waals surface area (Å²) in [6, 6.07) is 17.6. The quantitative estimate of drug-likeness (QED) is 0.624. The minimum atomic E-state index is -0.970. The highest BCUT2D eigenvalue weighted by molar-refractivity contribution is 5.73. The fourth-order valence-electron chi connectivity index (χ4n) is 2.53. The molecule has 0 aliphatic rings. The lowest BCUT2D eigenvalue weighted by Crippen LogP contribution is -2.15. The van der Waals surface area contributed by atoms with Gasteiger partial charge in [-0.2, -0.15) is 4.98 Å². The van der Waals surface area contributed by atoms with Crippen molar-refractivity contribution >= 4 is 23.4 Å². The lowest BCUT2D eigenvalue weighted by Gasteiger charge is -2.13. The van der Waals surface area contributed by atoms with Gasteiger partial charge in [-0.15, -0.1) is 0 Å². The van der Waals surface area contributed by atoms with E-state index in [1.165, 1.54) is 5.56 Å². The standard InChI is InChI=1S/C20H20N4O2/c1-13-7-6-10-16(14(13)2)22-18-11-17(15-8-4-3-5-9-15)23-20(24-18)21-12-19(25)26/h3-11H,12H2,1-2H3,(H,25,26)(H2,21,22,23,24). The molecule has 0 radical (unpaired) electrons. The first-order valence-corrected chi connectivity index (χ1v) is 8.26. The number of anilines is 3. The number of benzene rings is 2. The van der Waals surface area contributed by atoms with Gasteiger partial charge in [0.25, 0.3) is 0 Å². The zero-order valence-electron chi connectivity index (χ0n) is 14.7. The summed E-state index contributed by atoms with van der Waals surface area (Å²) >= 11 is 0. The number of nitrogens with zero attached hydrogens (tertiary/aromatic N) is 2. The van der Waals surface area contributed by atoms with E-state index in [2.05, 4.69) is 33.6 Å². The predicted molar refractivity (Wildman–Crippen MR) is 103 cm³/mol. The van der Waals surface area contributed by atoms with Gasteiger partial charge in [0.2, 0.25) is 5.95 Å². The Morgan fingerprint density at radius 1 is 1.04 bits per heavy atom. The second-order valence-corrected chi connectivity index (χ2v) is 5.95. The fraction of sp³-hybridized carbons (Fsp3) is 0.150. The van der Waals surface area contributed by atoms with Crippen LogP contribution in [-0.2, 0) is 4.79 Å². The first-order chi connectivity index (χ1) is 12.5. The molecule has 2 aromatic carbocycles. The van der Waals surface area contributed by atoms with Crippen molar-refractivity contribution < 1.29 is 9.90 Å². The van der Waals surface area contributed by atoms with E-state index in [-0.39, 0.29) is 12.5 Å². The largest absolute Gasteiger partial charge is 0.480 e. The van der Waals surface area contributed by atoms with E-state index < -0.39 is 5.97 Å². The first kappa shape index (κ1) is 17.4. The van der Waals surface area contributed by atoms with Crippen LogP contribution in [0.1, 0.15) is 11.1 Å². The van der Waals surface area contributed by atoms with Gasteiger partial charge in [-0.3, -0.25) is 4.79 Å². The van der Waals surface area contributed by atoms with Crippen molar-refractivity contribution in [2.24, 2.45) is 0 Å². The Hall–Kier alpha value is -3.41. The molecule has 0 atom stereocenters. The lowest BCUT2D eigenvalue weighted by molar-refractivity contribution is -0.134. The topological polar surface area (TPSA) is 87.1 Å². The van der Waals surface area contributed by atoms with Crippen LogP contribution in [0.15, 0.2) is 54.6 Å². The molecule has 26 heavy (non-hydrogen) atoms. The predicted octanol–water partition coefficient (Wildman–Crippen LogP) is 4.00. The molecule has 1 aromatic heterocycles. The summed E-state index contributed by atoms with van der Waals surface area (Å²) < 4.78 is 0. The molecule has 0 amide bonds. The molecule has 1 heterocycles. The number of nitrogens with one attached hydrogen (secondary N) is 2. The number of carboxylic acids is 1. The first-order valence-electron chi connectivity index (χ1n) is 8.26. The van der Waals surface area contributed by atoms with Crippen LogP contribution in [-0.4, -0.2) is 27.6 Å². The highest BCUT2D eigenvalue weighted by Crippen LogP contribution is 2.26. The third kappa shape index (κ3) is 4.16. The van der Waals surface area contributed by atoms with Crippen molar-refractivity contribution in [1.29, 1.82) is 0 Å². The molecule has 0 saturated heterocycles. The normalized spacial score (nSPS) is 10.4. The maximum absolute atomic E-state index is 10.9. The van der Waals surface area contributed by atoms with Crippen LogP contribution in [0, 0.1) is 13.8 Å². The fourth-order valence-corrected chi connectivity index (χ4v) is 2.53. The third-order valence-corrected chi connectivity index (χ3v) is 4.06. The molecule has 0 bridgehead atoms. The summed E-state index contributed by atoms with van der Waals surface area (Å²) in [5.41, 5.74) is 4.90. The molecule has 132 valence electrons. The Bertz CT molecular complexity index is 926. The maximum Gasteiger partial charge on any atom is 0.322 e. The van der Waals surface area contributed by atoms with Crippen molar-refractivity contribution in [2.45, 2.75) is 13.8 Å². The summed E-state index contributed by atoms with van der Waals surface area (Å²) in [5.74, 6) is -0.107. The molecule has 3 rings (SSSR count). The van der Waals surface area contributed by atoms with Gasteiger partial charge in [-0.25, -0.2) is 4.98 Å². The number of carboxylic acid groups (broad SMARTS) is 1. The number of aliphatic carboxylic acids is 1. The Balaban J connectivity index is 1.99. The monoisotopic (exact) mass is 348 g/mol. The molecule has 0 spiro atoms. The van der Waals surface area contributed by atoms with Crippen LogP contribution < -0.4 is 10.6 Å². The molecule has 3 N–H and O–H groups in total. The molecular weight excluding hydrogens is 328 g/mol. The Kier molecular flexibility index (Phi) is 5.12. The minimum Gasteiger partial charge on any atom is -0.480 e. The van der Waals surface area contributed by atoms with Gasteiger partial charge in [-0.05, 0) is 31.0 Å². The van der Waals surface area contributed by atoms with Crippen molar-refractivity contribution in [3.05, 3.63) is 65.7 Å². The van der Waals surface area contributed by atoms with Gasteiger partial charge in [0.1, 0.15) is 12.4 Å². The summed E-state index contributed by atoms with van der Waals surface area (Å²) in [4.78, 5) is 19.7. The number of carbonyl (C=O) groups is 1. The van der Waals surface area contributed by atoms with Gasteiger partial charge in [-0.1, -0.05) is 42.5 Å². The zero-order chi connectivity index (χ0) is 18.5. The molecule has 6 nitrogen and oxygen atoms in total. The minimum absolute atomic E-state index is 0.249. The number of hydrogen-bond donors (Lipinski definition) is 3. The number of aromatic nitrogens is 2. The van der Waals surface area contributed by atoms with E-state index in [1.54, 1.807) is 0 Å². The van der Waals surface area contributed by atoms with E-state index in [0.717, 1.165) is 16.8 Å². The van der Waals surface area contributed by atoms with E-state index in [0.29, 0.717) is 11.5 Å². The molecular formula is C20H20N4O2. The summed E-state index contributed by atoms with van der Waals surface area (Å²) in [6.07, 6.45) is 0. The number of hydrogen-bond acceptors (Lipinski definition) is 5. The average Bonchev–Trinajstić information content (AvgIpc) is 2.64. The Morgan fingerprint density at radius 2 is 1.81 bits per heavy atom. The zero-order valence-corrected chi connectivity index (χ0v) is 14.7. The SMILES string of the molecule is Cc1cccc(Nc2cc(-c3ccccc3)nc(NCC(=O)O)n2)c1C. The van der Waals surface area contributed by atoms with E-state index in [4.69, 9.17) is 5.11 Å². The third-order valence-electron chi connectivity index (χ3n) is 4.06.